The summed E-state index contributed by atoms with van der Waals surface area (Å²) in [4.78, 5) is 71.9. The monoisotopic (exact) mass is 817 g/mol. The average Bonchev–Trinajstić information content (AvgIpc) is 3.68. The Kier molecular flexibility index (Phi) is 9.51. The second kappa shape index (κ2) is 14.9. The number of anilines is 2. The molecule has 6 fully saturated rings. The largest absolute Gasteiger partial charge is 0.490 e. The first-order valence-corrected chi connectivity index (χ1v) is 21.1. The number of fused-ring (bicyclic) bond motifs is 3. The summed E-state index contributed by atoms with van der Waals surface area (Å²) in [6.45, 7) is 6.91. The SMILES string of the molecule is N#Cc1ccc(OC2CCC(NC(=O)c3ccc(N4CC5CN(CC6[C@H]7CN(c8ccc9c(c8)C(=O)N(C8CCC(=O)NC8=O)C9=O)C[C@@H]67)CC5C4)nn3)CC2)cc1Cl. The lowest BCUT2D eigenvalue weighted by Gasteiger charge is -2.29. The van der Waals surface area contributed by atoms with Gasteiger partial charge in [-0.25, -0.2) is 0 Å². The molecule has 0 radical (unpaired) electrons. The second-order valence-electron chi connectivity index (χ2n) is 17.3. The van der Waals surface area contributed by atoms with E-state index in [2.05, 4.69) is 41.6 Å². The third kappa shape index (κ3) is 7.05. The van der Waals surface area contributed by atoms with E-state index < -0.39 is 23.8 Å². The van der Waals surface area contributed by atoms with E-state index in [1.165, 1.54) is 0 Å². The molecule has 6 heterocycles. The van der Waals surface area contributed by atoms with Crippen LogP contribution < -0.4 is 25.2 Å². The van der Waals surface area contributed by atoms with Crippen LogP contribution in [0.2, 0.25) is 5.02 Å². The molecule has 16 heteroatoms. The fourth-order valence-corrected chi connectivity index (χ4v) is 10.8. The smallest absolute Gasteiger partial charge is 0.272 e. The van der Waals surface area contributed by atoms with Gasteiger partial charge in [0.05, 0.1) is 27.8 Å². The number of imide groups is 2. The minimum atomic E-state index is -0.966. The van der Waals surface area contributed by atoms with Crippen molar-refractivity contribution < 1.29 is 28.7 Å². The second-order valence-corrected chi connectivity index (χ2v) is 17.7. The van der Waals surface area contributed by atoms with Crippen LogP contribution in [0, 0.1) is 40.9 Å². The summed E-state index contributed by atoms with van der Waals surface area (Å²) in [5.74, 6) is 2.28. The number of ether oxygens (including phenoxy) is 1. The predicted molar refractivity (Wildman–Crippen MR) is 214 cm³/mol. The van der Waals surface area contributed by atoms with E-state index in [4.69, 9.17) is 21.6 Å². The average molecular weight is 818 g/mol. The summed E-state index contributed by atoms with van der Waals surface area (Å²) in [5, 5.41) is 23.6. The predicted octanol–water partition coefficient (Wildman–Crippen LogP) is 3.27. The van der Waals surface area contributed by atoms with Gasteiger partial charge in [-0.3, -0.25) is 34.2 Å². The maximum atomic E-state index is 13.3. The number of amides is 5. The van der Waals surface area contributed by atoms with Crippen molar-refractivity contribution in [2.45, 2.75) is 56.7 Å². The minimum Gasteiger partial charge on any atom is -0.490 e. The third-order valence-corrected chi connectivity index (χ3v) is 14.1. The first kappa shape index (κ1) is 37.7. The van der Waals surface area contributed by atoms with Gasteiger partial charge in [-0.1, -0.05) is 11.6 Å². The van der Waals surface area contributed by atoms with Crippen molar-refractivity contribution in [3.63, 3.8) is 0 Å². The van der Waals surface area contributed by atoms with Crippen molar-refractivity contribution in [2.24, 2.45) is 29.6 Å². The van der Waals surface area contributed by atoms with Crippen LogP contribution in [-0.2, 0) is 9.59 Å². The Bertz CT molecular complexity index is 2270. The minimum absolute atomic E-state index is 0.0232. The molecule has 6 atom stereocenters. The van der Waals surface area contributed by atoms with Crippen LogP contribution in [0.5, 0.6) is 5.75 Å². The molecular formula is C43H44ClN9O6. The number of carbonyl (C=O) groups is 5. The Morgan fingerprint density at radius 1 is 0.847 bits per heavy atom. The van der Waals surface area contributed by atoms with Crippen LogP contribution in [0.15, 0.2) is 48.5 Å². The number of hydrogen-bond acceptors (Lipinski definition) is 12. The van der Waals surface area contributed by atoms with Crippen LogP contribution >= 0.6 is 11.6 Å². The van der Waals surface area contributed by atoms with Gasteiger partial charge in [-0.05, 0) is 104 Å². The van der Waals surface area contributed by atoms with Crippen LogP contribution in [-0.4, -0.2) is 114 Å². The maximum Gasteiger partial charge on any atom is 0.272 e. The molecule has 304 valence electrons. The van der Waals surface area contributed by atoms with Gasteiger partial charge in [-0.15, -0.1) is 10.2 Å². The molecule has 5 aliphatic heterocycles. The highest BCUT2D eigenvalue weighted by Gasteiger charge is 2.57. The molecule has 0 spiro atoms. The van der Waals surface area contributed by atoms with Crippen molar-refractivity contribution in [1.82, 2.24) is 30.6 Å². The number of carbonyl (C=O) groups excluding carboxylic acids is 5. The topological polar surface area (TPSA) is 181 Å². The summed E-state index contributed by atoms with van der Waals surface area (Å²) in [6, 6.07) is 15.3. The van der Waals surface area contributed by atoms with Crippen LogP contribution in [0.4, 0.5) is 11.5 Å². The van der Waals surface area contributed by atoms with Gasteiger partial charge in [0.2, 0.25) is 11.8 Å². The quantitative estimate of drug-likeness (QED) is 0.302. The standard InChI is InChI=1S/C43H44ClN9O6/c44-35-14-29(5-1-23(35)15-45)59-28-6-2-26(3-7-28)46-40(55)36-9-11-38(49-48-36)52-18-24-16-50(17-25(24)19-52)20-32-33-21-51(22-34(32)33)27-4-8-30-31(13-27)43(58)53(42(30)57)37-10-12-39(54)47-41(37)56/h1,4-5,8-9,11,13-14,24-26,28,32-34,37H,2-3,6-7,10,12,16-22H2,(H,46,55)(H,47,54,56)/t24?,25?,26?,28?,32?,33-,34+,37?. The Morgan fingerprint density at radius 3 is 2.27 bits per heavy atom. The van der Waals surface area contributed by atoms with Crippen molar-refractivity contribution in [1.29, 1.82) is 5.26 Å². The van der Waals surface area contributed by atoms with E-state index in [-0.39, 0.29) is 36.8 Å². The van der Waals surface area contributed by atoms with Gasteiger partial charge in [-0.2, -0.15) is 5.26 Å². The zero-order valence-corrected chi connectivity index (χ0v) is 33.1. The molecule has 0 bridgehead atoms. The molecule has 2 aromatic carbocycles. The van der Waals surface area contributed by atoms with Crippen molar-refractivity contribution in [3.8, 4) is 11.8 Å². The number of nitriles is 1. The molecule has 7 aliphatic rings. The molecule has 5 amide bonds. The molecule has 15 nitrogen and oxygen atoms in total. The molecule has 59 heavy (non-hydrogen) atoms. The molecular weight excluding hydrogens is 774 g/mol. The maximum absolute atomic E-state index is 13.3. The van der Waals surface area contributed by atoms with Crippen LogP contribution in [0.25, 0.3) is 0 Å². The summed E-state index contributed by atoms with van der Waals surface area (Å²) in [6.07, 6.45) is 3.43. The van der Waals surface area contributed by atoms with Crippen molar-refractivity contribution in [3.05, 3.63) is 75.9 Å². The van der Waals surface area contributed by atoms with Gasteiger partial charge in [0.1, 0.15) is 17.9 Å². The first-order chi connectivity index (χ1) is 28.6. The summed E-state index contributed by atoms with van der Waals surface area (Å²) in [7, 11) is 0. The summed E-state index contributed by atoms with van der Waals surface area (Å²) >= 11 is 6.15. The van der Waals surface area contributed by atoms with E-state index >= 15 is 0 Å². The normalized spacial score (nSPS) is 29.9. The van der Waals surface area contributed by atoms with Gasteiger partial charge >= 0.3 is 0 Å². The molecule has 2 aliphatic carbocycles. The van der Waals surface area contributed by atoms with Gasteiger partial charge < -0.3 is 24.8 Å². The van der Waals surface area contributed by atoms with E-state index in [9.17, 15) is 24.0 Å². The highest BCUT2D eigenvalue weighted by molar-refractivity contribution is 6.31. The summed E-state index contributed by atoms with van der Waals surface area (Å²) in [5.41, 5.74) is 2.29. The van der Waals surface area contributed by atoms with Crippen molar-refractivity contribution >= 4 is 52.6 Å². The number of nitrogens with zero attached hydrogens (tertiary/aromatic N) is 7. The fraction of sp³-hybridized carbons (Fsp3) is 0.488. The lowest BCUT2D eigenvalue weighted by molar-refractivity contribution is -0.136. The first-order valence-electron chi connectivity index (χ1n) is 20.7. The number of likely N-dealkylation sites (tertiary alicyclic amines) is 1. The third-order valence-electron chi connectivity index (χ3n) is 13.8. The van der Waals surface area contributed by atoms with E-state index in [1.54, 1.807) is 36.4 Å². The molecule has 10 rings (SSSR count). The number of benzene rings is 2. The Hall–Kier alpha value is -5.59. The molecule has 4 unspecified atom stereocenters. The molecule has 1 aromatic heterocycles. The van der Waals surface area contributed by atoms with E-state index in [0.29, 0.717) is 62.7 Å². The highest BCUT2D eigenvalue weighted by atomic mass is 35.5. The molecule has 4 saturated heterocycles. The van der Waals surface area contributed by atoms with Crippen LogP contribution in [0.1, 0.15) is 75.3 Å². The fourth-order valence-electron chi connectivity index (χ4n) is 10.6. The Morgan fingerprint density at radius 2 is 1.59 bits per heavy atom. The molecule has 3 aromatic rings. The molecule has 2 saturated carbocycles. The van der Waals surface area contributed by atoms with Gasteiger partial charge in [0.25, 0.3) is 17.7 Å². The zero-order chi connectivity index (χ0) is 40.5. The Labute approximate surface area is 346 Å². The number of hydrogen-bond donors (Lipinski definition) is 2. The number of aromatic nitrogens is 2. The number of rotatable bonds is 9. The highest BCUT2D eigenvalue weighted by Crippen LogP contribution is 2.53. The lowest BCUT2D eigenvalue weighted by atomic mass is 9.93. The number of halogens is 1. The van der Waals surface area contributed by atoms with Gasteiger partial charge in [0, 0.05) is 70.0 Å². The lowest BCUT2D eigenvalue weighted by Crippen LogP contribution is -2.54. The molecule has 2 N–H and O–H groups in total. The number of nitrogens with one attached hydrogen (secondary N) is 2. The van der Waals surface area contributed by atoms with Gasteiger partial charge in [0.15, 0.2) is 11.5 Å². The zero-order valence-electron chi connectivity index (χ0n) is 32.4. The number of piperidine rings is 2. The summed E-state index contributed by atoms with van der Waals surface area (Å²) < 4.78 is 6.09. The van der Waals surface area contributed by atoms with E-state index in [1.807, 2.05) is 12.1 Å². The van der Waals surface area contributed by atoms with E-state index in [0.717, 1.165) is 87.9 Å². The van der Waals surface area contributed by atoms with Crippen molar-refractivity contribution in [2.75, 3.05) is 55.6 Å². The Balaban J connectivity index is 0.657. The van der Waals surface area contributed by atoms with Crippen LogP contribution in [0.3, 0.4) is 0 Å².